The van der Waals surface area contributed by atoms with Gasteiger partial charge in [0.2, 0.25) is 0 Å². The van der Waals surface area contributed by atoms with Gasteiger partial charge in [0.25, 0.3) is 0 Å². The molecule has 2 aliphatic rings. The molecule has 298 valence electrons. The van der Waals surface area contributed by atoms with Crippen LogP contribution >= 0.6 is 0 Å². The van der Waals surface area contributed by atoms with Crippen LogP contribution in [-0.4, -0.2) is 0 Å². The molecule has 13 rings (SSSR count). The van der Waals surface area contributed by atoms with Crippen molar-refractivity contribution in [2.45, 2.75) is 5.41 Å². The van der Waals surface area contributed by atoms with Crippen molar-refractivity contribution in [3.63, 3.8) is 0 Å². The Kier molecular flexibility index (Phi) is 8.20. The second kappa shape index (κ2) is 14.4. The van der Waals surface area contributed by atoms with Crippen LogP contribution in [0.15, 0.2) is 249 Å². The van der Waals surface area contributed by atoms with Gasteiger partial charge in [-0.1, -0.05) is 218 Å². The van der Waals surface area contributed by atoms with Gasteiger partial charge >= 0.3 is 0 Å². The molecule has 11 aromatic carbocycles. The van der Waals surface area contributed by atoms with Crippen molar-refractivity contribution < 1.29 is 0 Å². The number of benzene rings is 11. The van der Waals surface area contributed by atoms with Gasteiger partial charge in [-0.25, -0.2) is 0 Å². The number of nitrogens with zero attached hydrogens (tertiary/aromatic N) is 1. The van der Waals surface area contributed by atoms with Crippen LogP contribution in [0.4, 0.5) is 17.1 Å². The molecule has 0 spiro atoms. The quantitative estimate of drug-likeness (QED) is 0.157. The number of hydrogen-bond donors (Lipinski definition) is 0. The van der Waals surface area contributed by atoms with Crippen LogP contribution in [0.2, 0.25) is 0 Å². The molecule has 2 aliphatic carbocycles. The maximum Gasteiger partial charge on any atom is 0.0714 e. The summed E-state index contributed by atoms with van der Waals surface area (Å²) in [4.78, 5) is 2.53. The summed E-state index contributed by atoms with van der Waals surface area (Å²) in [6.45, 7) is 0. The monoisotopic (exact) mass is 811 g/mol. The lowest BCUT2D eigenvalue weighted by Gasteiger charge is -2.35. The number of hydrogen-bond acceptors (Lipinski definition) is 1. The summed E-state index contributed by atoms with van der Waals surface area (Å²) >= 11 is 0. The first-order chi connectivity index (χ1) is 31.8. The molecule has 0 atom stereocenters. The van der Waals surface area contributed by atoms with E-state index in [4.69, 9.17) is 0 Å². The Labute approximate surface area is 373 Å². The van der Waals surface area contributed by atoms with Crippen LogP contribution in [0.5, 0.6) is 0 Å². The van der Waals surface area contributed by atoms with E-state index >= 15 is 0 Å². The molecule has 0 unspecified atom stereocenters. The first-order valence-corrected chi connectivity index (χ1v) is 22.3. The van der Waals surface area contributed by atoms with Gasteiger partial charge in [-0.3, -0.25) is 0 Å². The Balaban J connectivity index is 1.13. The molecule has 64 heavy (non-hydrogen) atoms. The first-order valence-electron chi connectivity index (χ1n) is 22.3. The Morgan fingerprint density at radius 2 is 0.656 bits per heavy atom. The van der Waals surface area contributed by atoms with Crippen molar-refractivity contribution in [1.29, 1.82) is 0 Å². The van der Waals surface area contributed by atoms with E-state index < -0.39 is 5.41 Å². The van der Waals surface area contributed by atoms with E-state index in [0.717, 1.165) is 17.1 Å². The van der Waals surface area contributed by atoms with E-state index in [9.17, 15) is 0 Å². The summed E-state index contributed by atoms with van der Waals surface area (Å²) < 4.78 is 0. The topological polar surface area (TPSA) is 3.24 Å². The molecule has 11 aromatic rings. The normalized spacial score (nSPS) is 12.8. The SMILES string of the molecule is c1ccc(C2(c3ccccc3)c3ccccc3-c3ccc(N(c4ccc5c(c4)-c4ccccc4-c4ccccc4-c4ccccc4-5)c4cc5ccccc5c5ccccc45)cc32)cc1. The van der Waals surface area contributed by atoms with Crippen molar-refractivity contribution in [1.82, 2.24) is 0 Å². The van der Waals surface area contributed by atoms with E-state index in [0.29, 0.717) is 0 Å². The summed E-state index contributed by atoms with van der Waals surface area (Å²) in [5.74, 6) is 0. The van der Waals surface area contributed by atoms with Crippen LogP contribution in [0.1, 0.15) is 22.3 Å². The van der Waals surface area contributed by atoms with Crippen LogP contribution in [0, 0.1) is 0 Å². The molecular weight excluding hydrogens is 771 g/mol. The lowest BCUT2D eigenvalue weighted by Crippen LogP contribution is -2.28. The minimum atomic E-state index is -0.538. The predicted octanol–water partition coefficient (Wildman–Crippen LogP) is 16.8. The van der Waals surface area contributed by atoms with Crippen LogP contribution in [0.25, 0.3) is 77.2 Å². The Morgan fingerprint density at radius 3 is 1.25 bits per heavy atom. The second-order valence-corrected chi connectivity index (χ2v) is 17.1. The second-order valence-electron chi connectivity index (χ2n) is 17.1. The van der Waals surface area contributed by atoms with Gasteiger partial charge in [0.05, 0.1) is 11.1 Å². The van der Waals surface area contributed by atoms with Gasteiger partial charge in [-0.05, 0) is 124 Å². The molecule has 1 heteroatoms. The average molecular weight is 812 g/mol. The largest absolute Gasteiger partial charge is 0.310 e. The van der Waals surface area contributed by atoms with Gasteiger partial charge < -0.3 is 4.90 Å². The third kappa shape index (κ3) is 5.31. The zero-order valence-corrected chi connectivity index (χ0v) is 35.1. The van der Waals surface area contributed by atoms with E-state index in [-0.39, 0.29) is 0 Å². The minimum Gasteiger partial charge on any atom is -0.310 e. The van der Waals surface area contributed by atoms with Gasteiger partial charge in [-0.2, -0.15) is 0 Å². The molecule has 1 nitrogen and oxygen atoms in total. The third-order valence-corrected chi connectivity index (χ3v) is 13.9. The molecule has 0 aliphatic heterocycles. The van der Waals surface area contributed by atoms with E-state index in [1.165, 1.54) is 99.4 Å². The van der Waals surface area contributed by atoms with Crippen LogP contribution in [-0.2, 0) is 5.41 Å². The Morgan fingerprint density at radius 1 is 0.250 bits per heavy atom. The van der Waals surface area contributed by atoms with Gasteiger partial charge in [0.1, 0.15) is 0 Å². The van der Waals surface area contributed by atoms with Crippen molar-refractivity contribution in [2.75, 3.05) is 4.90 Å². The fraction of sp³-hybridized carbons (Fsp3) is 0.0159. The molecule has 0 N–H and O–H groups in total. The lowest BCUT2D eigenvalue weighted by molar-refractivity contribution is 0.768. The number of rotatable bonds is 5. The maximum absolute atomic E-state index is 2.53. The summed E-state index contributed by atoms with van der Waals surface area (Å²) in [7, 11) is 0. The summed E-state index contributed by atoms with van der Waals surface area (Å²) in [5.41, 5.74) is 20.3. The first kappa shape index (κ1) is 36.4. The average Bonchev–Trinajstić information content (AvgIpc) is 3.67. The van der Waals surface area contributed by atoms with Crippen molar-refractivity contribution in [3.05, 3.63) is 271 Å². The van der Waals surface area contributed by atoms with E-state index in [1.54, 1.807) is 0 Å². The minimum absolute atomic E-state index is 0.538. The summed E-state index contributed by atoms with van der Waals surface area (Å²) in [5, 5.41) is 4.90. The van der Waals surface area contributed by atoms with Crippen molar-refractivity contribution >= 4 is 38.6 Å². The lowest BCUT2D eigenvalue weighted by atomic mass is 9.67. The molecule has 0 saturated heterocycles. The molecule has 0 saturated carbocycles. The molecule has 0 aromatic heterocycles. The van der Waals surface area contributed by atoms with E-state index in [2.05, 4.69) is 254 Å². The smallest absolute Gasteiger partial charge is 0.0714 e. The molecule has 0 fully saturated rings. The Bertz CT molecular complexity index is 3570. The zero-order valence-electron chi connectivity index (χ0n) is 35.1. The summed E-state index contributed by atoms with van der Waals surface area (Å²) in [6, 6.07) is 92.5. The summed E-state index contributed by atoms with van der Waals surface area (Å²) in [6.07, 6.45) is 0. The van der Waals surface area contributed by atoms with Gasteiger partial charge in [0.15, 0.2) is 0 Å². The molecule has 0 amide bonds. The van der Waals surface area contributed by atoms with Crippen LogP contribution < -0.4 is 4.90 Å². The standard InChI is InChI=1S/C63H41N/c1-3-20-43(21-4-1)63(44-22-5-2-6-23-44)60-34-18-17-32-56(60)57-38-36-46(41-61(57)63)64(62-39-42-19-7-8-24-47(42)48-25-15-16-33-58(48)62)45-35-37-55-53-30-12-11-28-51(53)49-26-9-10-27-50(49)52-29-13-14-31-54(52)59(55)40-45/h1-41H. The number of fused-ring (bicyclic) bond motifs is 14. The number of anilines is 3. The van der Waals surface area contributed by atoms with Crippen LogP contribution in [0.3, 0.4) is 0 Å². The highest BCUT2D eigenvalue weighted by Gasteiger charge is 2.46. The fourth-order valence-electron chi connectivity index (χ4n) is 11.2. The molecule has 0 radical (unpaired) electrons. The van der Waals surface area contributed by atoms with Crippen molar-refractivity contribution in [2.24, 2.45) is 0 Å². The highest BCUT2D eigenvalue weighted by atomic mass is 15.1. The highest BCUT2D eigenvalue weighted by molar-refractivity contribution is 6.15. The van der Waals surface area contributed by atoms with Crippen molar-refractivity contribution in [3.8, 4) is 55.6 Å². The third-order valence-electron chi connectivity index (χ3n) is 13.9. The highest BCUT2D eigenvalue weighted by Crippen LogP contribution is 2.58. The molecule has 0 heterocycles. The molecule has 0 bridgehead atoms. The van der Waals surface area contributed by atoms with Gasteiger partial charge in [0, 0.05) is 16.8 Å². The maximum atomic E-state index is 2.53. The van der Waals surface area contributed by atoms with E-state index in [1.807, 2.05) is 0 Å². The molecular formula is C63H41N. The fourth-order valence-corrected chi connectivity index (χ4v) is 11.2. The zero-order chi connectivity index (χ0) is 42.2. The van der Waals surface area contributed by atoms with Gasteiger partial charge in [-0.15, -0.1) is 0 Å². The Hall–Kier alpha value is -8.26. The predicted molar refractivity (Wildman–Crippen MR) is 269 cm³/mol.